The Balaban J connectivity index is 2.17. The van der Waals surface area contributed by atoms with Crippen molar-refractivity contribution in [3.8, 4) is 11.5 Å². The monoisotopic (exact) mass is 261 g/mol. The molecule has 1 atom stereocenters. The Labute approximate surface area is 115 Å². The lowest BCUT2D eigenvalue weighted by Gasteiger charge is -2.23. The van der Waals surface area contributed by atoms with Crippen molar-refractivity contribution >= 4 is 0 Å². The van der Waals surface area contributed by atoms with Gasteiger partial charge in [-0.1, -0.05) is 18.6 Å². The summed E-state index contributed by atoms with van der Waals surface area (Å²) in [6, 6.07) is 6.51. The van der Waals surface area contributed by atoms with E-state index in [1.54, 1.807) is 0 Å². The summed E-state index contributed by atoms with van der Waals surface area (Å²) in [5, 5.41) is 3.57. The normalized spacial score (nSPS) is 15.1. The molecule has 0 amide bonds. The van der Waals surface area contributed by atoms with Crippen molar-refractivity contribution in [2.24, 2.45) is 0 Å². The van der Waals surface area contributed by atoms with Gasteiger partial charge in [-0.2, -0.15) is 0 Å². The number of rotatable bonds is 6. The van der Waals surface area contributed by atoms with Gasteiger partial charge in [0.05, 0.1) is 0 Å². The highest BCUT2D eigenvalue weighted by molar-refractivity contribution is 5.44. The van der Waals surface area contributed by atoms with Crippen LogP contribution in [0.25, 0.3) is 0 Å². The largest absolute Gasteiger partial charge is 0.486 e. The average Bonchev–Trinajstić information content (AvgIpc) is 2.42. The lowest BCUT2D eigenvalue weighted by atomic mass is 9.99. The summed E-state index contributed by atoms with van der Waals surface area (Å²) in [4.78, 5) is 0. The van der Waals surface area contributed by atoms with Gasteiger partial charge in [-0.3, -0.25) is 0 Å². The molecular formula is C16H23NO2. The maximum atomic E-state index is 5.65. The molecule has 1 aromatic rings. The molecule has 1 aliphatic heterocycles. The van der Waals surface area contributed by atoms with Gasteiger partial charge in [0.15, 0.2) is 11.5 Å². The van der Waals surface area contributed by atoms with Crippen molar-refractivity contribution in [3.63, 3.8) is 0 Å². The third-order valence-electron chi connectivity index (χ3n) is 3.16. The molecule has 104 valence electrons. The molecule has 3 heteroatoms. The van der Waals surface area contributed by atoms with Crippen molar-refractivity contribution in [2.45, 2.75) is 32.7 Å². The molecule has 3 nitrogen and oxygen atoms in total. The summed E-state index contributed by atoms with van der Waals surface area (Å²) in [5.41, 5.74) is 2.42. The Morgan fingerprint density at radius 3 is 2.74 bits per heavy atom. The Morgan fingerprint density at radius 1 is 1.32 bits per heavy atom. The third-order valence-corrected chi connectivity index (χ3v) is 3.16. The van der Waals surface area contributed by atoms with Crippen molar-refractivity contribution in [3.05, 3.63) is 35.9 Å². The lowest BCUT2D eigenvalue weighted by molar-refractivity contribution is 0.171. The quantitative estimate of drug-likeness (QED) is 0.795. The number of hydrogen-bond acceptors (Lipinski definition) is 3. The second-order valence-corrected chi connectivity index (χ2v) is 5.07. The van der Waals surface area contributed by atoms with Gasteiger partial charge < -0.3 is 14.8 Å². The molecule has 0 aliphatic carbocycles. The van der Waals surface area contributed by atoms with Gasteiger partial charge in [0.25, 0.3) is 0 Å². The van der Waals surface area contributed by atoms with E-state index in [-0.39, 0.29) is 0 Å². The molecule has 1 unspecified atom stereocenters. The zero-order valence-corrected chi connectivity index (χ0v) is 11.9. The summed E-state index contributed by atoms with van der Waals surface area (Å²) in [7, 11) is 0. The second kappa shape index (κ2) is 6.62. The molecule has 0 fully saturated rings. The molecule has 1 aromatic carbocycles. The minimum absolute atomic E-state index is 0.299. The first kappa shape index (κ1) is 13.9. The first-order valence-corrected chi connectivity index (χ1v) is 6.98. The van der Waals surface area contributed by atoms with Crippen molar-refractivity contribution in [1.29, 1.82) is 0 Å². The van der Waals surface area contributed by atoms with E-state index in [1.807, 2.05) is 6.07 Å². The van der Waals surface area contributed by atoms with Crippen molar-refractivity contribution in [1.82, 2.24) is 5.32 Å². The van der Waals surface area contributed by atoms with Gasteiger partial charge in [-0.25, -0.2) is 0 Å². The van der Waals surface area contributed by atoms with Crippen LogP contribution in [0, 0.1) is 0 Å². The standard InChI is InChI=1S/C16H23NO2/c1-4-7-17-14(10-12(2)3)13-5-6-15-16(11-13)19-9-8-18-15/h5-6,11,14,17H,2,4,7-10H2,1,3H3. The highest BCUT2D eigenvalue weighted by Crippen LogP contribution is 2.33. The summed E-state index contributed by atoms with van der Waals surface area (Å²) >= 11 is 0. The van der Waals surface area contributed by atoms with Crippen LogP contribution >= 0.6 is 0 Å². The van der Waals surface area contributed by atoms with Crippen LogP contribution < -0.4 is 14.8 Å². The van der Waals surface area contributed by atoms with Crippen molar-refractivity contribution in [2.75, 3.05) is 19.8 Å². The van der Waals surface area contributed by atoms with Gasteiger partial charge >= 0.3 is 0 Å². The van der Waals surface area contributed by atoms with E-state index in [9.17, 15) is 0 Å². The first-order valence-electron chi connectivity index (χ1n) is 6.98. The molecule has 0 saturated carbocycles. The molecule has 0 aromatic heterocycles. The fourth-order valence-electron chi connectivity index (χ4n) is 2.25. The fourth-order valence-corrected chi connectivity index (χ4v) is 2.25. The smallest absolute Gasteiger partial charge is 0.161 e. The van der Waals surface area contributed by atoms with Crippen LogP contribution in [0.1, 0.15) is 38.3 Å². The summed E-state index contributed by atoms with van der Waals surface area (Å²) < 4.78 is 11.2. The predicted molar refractivity (Wildman–Crippen MR) is 77.9 cm³/mol. The second-order valence-electron chi connectivity index (χ2n) is 5.07. The van der Waals surface area contributed by atoms with Gasteiger partial charge in [0, 0.05) is 6.04 Å². The van der Waals surface area contributed by atoms with E-state index < -0.39 is 0 Å². The predicted octanol–water partition coefficient (Wildman–Crippen LogP) is 3.46. The van der Waals surface area contributed by atoms with Gasteiger partial charge in [-0.15, -0.1) is 6.58 Å². The summed E-state index contributed by atoms with van der Waals surface area (Å²) in [6.45, 7) is 10.5. The van der Waals surface area contributed by atoms with Crippen LogP contribution in [0.15, 0.2) is 30.4 Å². The molecule has 0 saturated heterocycles. The minimum atomic E-state index is 0.299. The summed E-state index contributed by atoms with van der Waals surface area (Å²) in [6.07, 6.45) is 2.07. The molecule has 1 N–H and O–H groups in total. The maximum absolute atomic E-state index is 5.65. The molecule has 0 bridgehead atoms. The van der Waals surface area contributed by atoms with Gasteiger partial charge in [0.1, 0.15) is 13.2 Å². The van der Waals surface area contributed by atoms with E-state index in [4.69, 9.17) is 9.47 Å². The number of nitrogens with one attached hydrogen (secondary N) is 1. The molecular weight excluding hydrogens is 238 g/mol. The number of ether oxygens (including phenoxy) is 2. The number of benzene rings is 1. The fraction of sp³-hybridized carbons (Fsp3) is 0.500. The van der Waals surface area contributed by atoms with Crippen LogP contribution in [-0.2, 0) is 0 Å². The topological polar surface area (TPSA) is 30.5 Å². The molecule has 0 spiro atoms. The summed E-state index contributed by atoms with van der Waals surface area (Å²) in [5.74, 6) is 1.70. The van der Waals surface area contributed by atoms with Crippen LogP contribution in [0.5, 0.6) is 11.5 Å². The third kappa shape index (κ3) is 3.74. The van der Waals surface area contributed by atoms with Crippen LogP contribution in [0.2, 0.25) is 0 Å². The van der Waals surface area contributed by atoms with Crippen LogP contribution in [-0.4, -0.2) is 19.8 Å². The van der Waals surface area contributed by atoms with E-state index in [2.05, 4.69) is 37.9 Å². The molecule has 1 aliphatic rings. The Hall–Kier alpha value is -1.48. The molecule has 1 heterocycles. The molecule has 2 rings (SSSR count). The van der Waals surface area contributed by atoms with Gasteiger partial charge in [0.2, 0.25) is 0 Å². The van der Waals surface area contributed by atoms with Crippen LogP contribution in [0.3, 0.4) is 0 Å². The Bertz CT molecular complexity index is 442. The number of hydrogen-bond donors (Lipinski definition) is 1. The highest BCUT2D eigenvalue weighted by Gasteiger charge is 2.16. The van der Waals surface area contributed by atoms with Crippen LogP contribution in [0.4, 0.5) is 0 Å². The van der Waals surface area contributed by atoms with E-state index >= 15 is 0 Å². The average molecular weight is 261 g/mol. The van der Waals surface area contributed by atoms with E-state index in [1.165, 1.54) is 11.1 Å². The van der Waals surface area contributed by atoms with E-state index in [0.29, 0.717) is 19.3 Å². The van der Waals surface area contributed by atoms with Gasteiger partial charge in [-0.05, 0) is 44.0 Å². The zero-order valence-electron chi connectivity index (χ0n) is 11.9. The maximum Gasteiger partial charge on any atom is 0.161 e. The highest BCUT2D eigenvalue weighted by atomic mass is 16.6. The van der Waals surface area contributed by atoms with Crippen molar-refractivity contribution < 1.29 is 9.47 Å². The first-order chi connectivity index (χ1) is 9.20. The SMILES string of the molecule is C=C(C)CC(NCCC)c1ccc2c(c1)OCCO2. The molecule has 19 heavy (non-hydrogen) atoms. The number of fused-ring (bicyclic) bond motifs is 1. The lowest BCUT2D eigenvalue weighted by Crippen LogP contribution is -2.23. The zero-order chi connectivity index (χ0) is 13.7. The molecule has 0 radical (unpaired) electrons. The Kier molecular flexibility index (Phi) is 4.86. The van der Waals surface area contributed by atoms with E-state index in [0.717, 1.165) is 30.9 Å². The minimum Gasteiger partial charge on any atom is -0.486 e. The Morgan fingerprint density at radius 2 is 2.05 bits per heavy atom.